The van der Waals surface area contributed by atoms with Gasteiger partial charge in [0.1, 0.15) is 10.3 Å². The number of rotatable bonds is 0. The Morgan fingerprint density at radius 3 is 2.31 bits per heavy atom. The molecule has 1 spiro atoms. The summed E-state index contributed by atoms with van der Waals surface area (Å²) in [5, 5.41) is -0.399. The normalized spacial score (nSPS) is 22.8. The van der Waals surface area contributed by atoms with Crippen molar-refractivity contribution in [2.24, 2.45) is 0 Å². The van der Waals surface area contributed by atoms with E-state index >= 15 is 0 Å². The predicted molar refractivity (Wildman–Crippen MR) is 58.1 cm³/mol. The molecular formula is C10H13NO4S. The van der Waals surface area contributed by atoms with E-state index in [2.05, 4.69) is 0 Å². The van der Waals surface area contributed by atoms with Gasteiger partial charge in [0.25, 0.3) is 5.12 Å². The minimum absolute atomic E-state index is 0.289. The number of carbonyl (C=O) groups excluding carboxylic acids is 3. The molecule has 2 aliphatic heterocycles. The zero-order valence-corrected chi connectivity index (χ0v) is 10.2. The Bertz CT molecular complexity index is 379. The molecule has 0 saturated carbocycles. The lowest BCUT2D eigenvalue weighted by atomic mass is 9.93. The Morgan fingerprint density at radius 1 is 1.38 bits per heavy atom. The van der Waals surface area contributed by atoms with Crippen LogP contribution in [-0.4, -0.2) is 45.3 Å². The summed E-state index contributed by atoms with van der Waals surface area (Å²) in [5.74, 6) is -0.364. The molecule has 2 heterocycles. The molecule has 88 valence electrons. The summed E-state index contributed by atoms with van der Waals surface area (Å²) in [7, 11) is 0. The SMILES string of the molecule is CC(C)(C)OC(=O)N1CC2(C1)SC(=O)C2=O. The standard InChI is InChI=1S/C10H13NO4S/c1-9(2,3)15-8(14)11-4-10(5-11)6(12)7(13)16-10/h4-5H2,1-3H3. The summed E-state index contributed by atoms with van der Waals surface area (Å²) >= 11 is 1.03. The van der Waals surface area contributed by atoms with Gasteiger partial charge in [-0.2, -0.15) is 0 Å². The highest BCUT2D eigenvalue weighted by molar-refractivity contribution is 8.21. The molecular weight excluding hydrogens is 230 g/mol. The van der Waals surface area contributed by atoms with E-state index in [-0.39, 0.29) is 18.9 Å². The van der Waals surface area contributed by atoms with Crippen molar-refractivity contribution in [2.75, 3.05) is 13.1 Å². The predicted octanol–water partition coefficient (Wildman–Crippen LogP) is 0.818. The zero-order chi connectivity index (χ0) is 12.1. The van der Waals surface area contributed by atoms with Crippen LogP contribution in [0.25, 0.3) is 0 Å². The third-order valence-electron chi connectivity index (χ3n) is 2.43. The monoisotopic (exact) mass is 243 g/mol. The van der Waals surface area contributed by atoms with E-state index in [0.717, 1.165) is 11.8 Å². The second-order valence-corrected chi connectivity index (χ2v) is 6.41. The van der Waals surface area contributed by atoms with Crippen LogP contribution < -0.4 is 0 Å². The van der Waals surface area contributed by atoms with Crippen LogP contribution in [0.15, 0.2) is 0 Å². The lowest BCUT2D eigenvalue weighted by molar-refractivity contribution is -0.138. The minimum Gasteiger partial charge on any atom is -0.444 e. The molecule has 0 aliphatic carbocycles. The molecule has 2 rings (SSSR count). The van der Waals surface area contributed by atoms with Gasteiger partial charge in [-0.3, -0.25) is 9.59 Å². The van der Waals surface area contributed by atoms with E-state index in [4.69, 9.17) is 4.74 Å². The Kier molecular flexibility index (Phi) is 2.31. The number of hydrogen-bond acceptors (Lipinski definition) is 5. The molecule has 0 bridgehead atoms. The van der Waals surface area contributed by atoms with E-state index < -0.39 is 21.6 Å². The first-order valence-electron chi connectivity index (χ1n) is 4.99. The van der Waals surface area contributed by atoms with Crippen molar-refractivity contribution in [3.05, 3.63) is 0 Å². The average Bonchev–Trinajstić information content (AvgIpc) is 2.06. The second-order valence-electron chi connectivity index (χ2n) is 5.05. The molecule has 2 saturated heterocycles. The molecule has 0 aromatic rings. The van der Waals surface area contributed by atoms with Crippen LogP contribution in [-0.2, 0) is 14.3 Å². The van der Waals surface area contributed by atoms with Crippen LogP contribution in [0.3, 0.4) is 0 Å². The fraction of sp³-hybridized carbons (Fsp3) is 0.700. The van der Waals surface area contributed by atoms with Gasteiger partial charge in [0.2, 0.25) is 5.78 Å². The van der Waals surface area contributed by atoms with Crippen molar-refractivity contribution in [1.82, 2.24) is 4.90 Å². The van der Waals surface area contributed by atoms with Crippen LogP contribution in [0.4, 0.5) is 4.79 Å². The maximum absolute atomic E-state index is 11.6. The van der Waals surface area contributed by atoms with E-state index in [1.54, 1.807) is 20.8 Å². The number of Topliss-reactive ketones (excluding diaryl/α,β-unsaturated/α-hetero) is 1. The maximum atomic E-state index is 11.6. The third kappa shape index (κ3) is 1.71. The first-order valence-corrected chi connectivity index (χ1v) is 5.81. The summed E-state index contributed by atoms with van der Waals surface area (Å²) in [4.78, 5) is 35.1. The molecule has 2 aliphatic rings. The number of nitrogens with zero attached hydrogens (tertiary/aromatic N) is 1. The smallest absolute Gasteiger partial charge is 0.410 e. The van der Waals surface area contributed by atoms with E-state index in [1.807, 2.05) is 0 Å². The molecule has 0 unspecified atom stereocenters. The highest BCUT2D eigenvalue weighted by Crippen LogP contribution is 2.46. The second kappa shape index (κ2) is 3.23. The highest BCUT2D eigenvalue weighted by Gasteiger charge is 2.63. The Morgan fingerprint density at radius 2 is 1.94 bits per heavy atom. The molecule has 6 heteroatoms. The minimum atomic E-state index is -0.645. The van der Waals surface area contributed by atoms with Crippen LogP contribution in [0.5, 0.6) is 0 Å². The van der Waals surface area contributed by atoms with Crippen molar-refractivity contribution >= 4 is 28.8 Å². The van der Waals surface area contributed by atoms with Crippen LogP contribution in [0, 0.1) is 0 Å². The molecule has 0 radical (unpaired) electrons. The number of hydrogen-bond donors (Lipinski definition) is 0. The lowest BCUT2D eigenvalue weighted by Gasteiger charge is -2.51. The topological polar surface area (TPSA) is 63.7 Å². The van der Waals surface area contributed by atoms with Crippen LogP contribution >= 0.6 is 11.8 Å². The molecule has 0 aromatic heterocycles. The molecule has 0 N–H and O–H groups in total. The molecule has 5 nitrogen and oxygen atoms in total. The van der Waals surface area contributed by atoms with Crippen LogP contribution in [0.1, 0.15) is 20.8 Å². The number of ketones is 1. The molecule has 1 amide bonds. The Hall–Kier alpha value is -1.04. The molecule has 16 heavy (non-hydrogen) atoms. The summed E-state index contributed by atoms with van der Waals surface area (Å²) < 4.78 is 4.50. The number of likely N-dealkylation sites (tertiary alicyclic amines) is 1. The highest BCUT2D eigenvalue weighted by atomic mass is 32.2. The van der Waals surface area contributed by atoms with Gasteiger partial charge in [-0.15, -0.1) is 0 Å². The molecule has 0 aromatic carbocycles. The maximum Gasteiger partial charge on any atom is 0.410 e. The van der Waals surface area contributed by atoms with Gasteiger partial charge in [0.15, 0.2) is 0 Å². The van der Waals surface area contributed by atoms with Gasteiger partial charge in [0.05, 0.1) is 0 Å². The number of thioether (sulfide) groups is 1. The van der Waals surface area contributed by atoms with E-state index in [9.17, 15) is 14.4 Å². The van der Waals surface area contributed by atoms with E-state index in [1.165, 1.54) is 4.90 Å². The first kappa shape index (κ1) is 11.4. The number of ether oxygens (including phenoxy) is 1. The van der Waals surface area contributed by atoms with Crippen molar-refractivity contribution in [3.8, 4) is 0 Å². The summed E-state index contributed by atoms with van der Waals surface area (Å²) in [5.41, 5.74) is -0.535. The van der Waals surface area contributed by atoms with Crippen molar-refractivity contribution in [1.29, 1.82) is 0 Å². The van der Waals surface area contributed by atoms with Crippen molar-refractivity contribution < 1.29 is 19.1 Å². The number of carbonyl (C=O) groups is 3. The first-order chi connectivity index (χ1) is 7.23. The fourth-order valence-corrected chi connectivity index (χ4v) is 2.76. The lowest BCUT2D eigenvalue weighted by Crippen LogP contribution is -2.72. The summed E-state index contributed by atoms with van der Waals surface area (Å²) in [6.07, 6.45) is -0.425. The van der Waals surface area contributed by atoms with Gasteiger partial charge < -0.3 is 9.64 Å². The Balaban J connectivity index is 1.87. The van der Waals surface area contributed by atoms with Gasteiger partial charge in [-0.25, -0.2) is 4.79 Å². The quantitative estimate of drug-likeness (QED) is 0.589. The van der Waals surface area contributed by atoms with Gasteiger partial charge in [0, 0.05) is 13.1 Å². The van der Waals surface area contributed by atoms with Gasteiger partial charge in [-0.1, -0.05) is 11.8 Å². The van der Waals surface area contributed by atoms with Gasteiger partial charge >= 0.3 is 6.09 Å². The fourth-order valence-electron chi connectivity index (χ4n) is 1.64. The van der Waals surface area contributed by atoms with E-state index in [0.29, 0.717) is 0 Å². The molecule has 2 fully saturated rings. The zero-order valence-electron chi connectivity index (χ0n) is 9.40. The van der Waals surface area contributed by atoms with Crippen molar-refractivity contribution in [3.63, 3.8) is 0 Å². The Labute approximate surface area is 97.5 Å². The van der Waals surface area contributed by atoms with Gasteiger partial charge in [-0.05, 0) is 20.8 Å². The summed E-state index contributed by atoms with van der Waals surface area (Å²) in [6.45, 7) is 5.93. The summed E-state index contributed by atoms with van der Waals surface area (Å²) in [6, 6.07) is 0. The average molecular weight is 243 g/mol. The molecule has 0 atom stereocenters. The number of amides is 1. The third-order valence-corrected chi connectivity index (χ3v) is 3.64. The van der Waals surface area contributed by atoms with Crippen molar-refractivity contribution in [2.45, 2.75) is 31.1 Å². The van der Waals surface area contributed by atoms with Crippen LogP contribution in [0.2, 0.25) is 0 Å². The largest absolute Gasteiger partial charge is 0.444 e.